The molecule has 0 saturated carbocycles. The average molecular weight is 269 g/mol. The molecule has 0 bridgehead atoms. The highest BCUT2D eigenvalue weighted by molar-refractivity contribution is 5.24. The molecule has 0 aliphatic rings. The van der Waals surface area contributed by atoms with E-state index >= 15 is 0 Å². The van der Waals surface area contributed by atoms with Gasteiger partial charge in [-0.2, -0.15) is 0 Å². The fourth-order valence-electron chi connectivity index (χ4n) is 2.75. The molecule has 0 aliphatic carbocycles. The van der Waals surface area contributed by atoms with Crippen LogP contribution >= 0.6 is 0 Å². The van der Waals surface area contributed by atoms with Crippen molar-refractivity contribution in [3.05, 3.63) is 35.4 Å². The van der Waals surface area contributed by atoms with Gasteiger partial charge in [-0.25, -0.2) is 8.78 Å². The standard InChI is InChI=1S/C16H25F2N/c1-4-8-12(9-5-2)16(19-6-3)15-13(17)10-7-11-14(15)18/h7,10-12,16,19H,4-6,8-9H2,1-3H3. The molecule has 1 N–H and O–H groups in total. The number of halogens is 2. The molecule has 0 fully saturated rings. The van der Waals surface area contributed by atoms with Crippen molar-refractivity contribution in [3.8, 4) is 0 Å². The van der Waals surface area contributed by atoms with Crippen molar-refractivity contribution >= 4 is 0 Å². The Kier molecular flexibility index (Phi) is 7.00. The van der Waals surface area contributed by atoms with Gasteiger partial charge in [-0.1, -0.05) is 39.7 Å². The lowest BCUT2D eigenvalue weighted by molar-refractivity contribution is 0.305. The summed E-state index contributed by atoms with van der Waals surface area (Å²) in [5.41, 5.74) is 0.205. The monoisotopic (exact) mass is 269 g/mol. The Morgan fingerprint density at radius 1 is 1.00 bits per heavy atom. The number of hydrogen-bond acceptors (Lipinski definition) is 1. The summed E-state index contributed by atoms with van der Waals surface area (Å²) in [6, 6.07) is 3.88. The number of nitrogens with one attached hydrogen (secondary N) is 1. The van der Waals surface area contributed by atoms with E-state index in [0.717, 1.165) is 25.7 Å². The summed E-state index contributed by atoms with van der Waals surface area (Å²) < 4.78 is 28.0. The minimum absolute atomic E-state index is 0.205. The topological polar surface area (TPSA) is 12.0 Å². The molecule has 108 valence electrons. The molecule has 1 aromatic carbocycles. The van der Waals surface area contributed by atoms with Crippen LogP contribution in [-0.4, -0.2) is 6.54 Å². The maximum Gasteiger partial charge on any atom is 0.130 e. The predicted molar refractivity (Wildman–Crippen MR) is 76.1 cm³/mol. The molecule has 1 atom stereocenters. The summed E-state index contributed by atoms with van der Waals surface area (Å²) >= 11 is 0. The Morgan fingerprint density at radius 3 is 1.95 bits per heavy atom. The third-order valence-corrected chi connectivity index (χ3v) is 3.53. The average Bonchev–Trinajstić information content (AvgIpc) is 2.37. The highest BCUT2D eigenvalue weighted by Gasteiger charge is 2.26. The van der Waals surface area contributed by atoms with Crippen LogP contribution in [0.25, 0.3) is 0 Å². The van der Waals surface area contributed by atoms with E-state index < -0.39 is 11.6 Å². The van der Waals surface area contributed by atoms with Crippen LogP contribution in [0.2, 0.25) is 0 Å². The number of hydrogen-bond donors (Lipinski definition) is 1. The second-order valence-electron chi connectivity index (χ2n) is 5.01. The van der Waals surface area contributed by atoms with Gasteiger partial charge >= 0.3 is 0 Å². The third kappa shape index (κ3) is 4.27. The minimum Gasteiger partial charge on any atom is -0.310 e. The molecule has 0 aliphatic heterocycles. The molecule has 0 saturated heterocycles. The van der Waals surface area contributed by atoms with Gasteiger partial charge in [-0.05, 0) is 37.4 Å². The Hall–Kier alpha value is -0.960. The van der Waals surface area contributed by atoms with Crippen molar-refractivity contribution in [1.82, 2.24) is 5.32 Å². The SMILES string of the molecule is CCCC(CCC)C(NCC)c1c(F)cccc1F. The largest absolute Gasteiger partial charge is 0.310 e. The second kappa shape index (κ2) is 8.26. The molecule has 1 rings (SSSR count). The van der Waals surface area contributed by atoms with E-state index in [9.17, 15) is 8.78 Å². The maximum atomic E-state index is 14.0. The minimum atomic E-state index is -0.442. The van der Waals surface area contributed by atoms with Crippen molar-refractivity contribution in [3.63, 3.8) is 0 Å². The van der Waals surface area contributed by atoms with Gasteiger partial charge in [0.1, 0.15) is 11.6 Å². The fourth-order valence-corrected chi connectivity index (χ4v) is 2.75. The predicted octanol–water partition coefficient (Wildman–Crippen LogP) is 4.83. The zero-order valence-electron chi connectivity index (χ0n) is 12.2. The van der Waals surface area contributed by atoms with Gasteiger partial charge in [0, 0.05) is 11.6 Å². The molecule has 0 radical (unpaired) electrons. The fraction of sp³-hybridized carbons (Fsp3) is 0.625. The van der Waals surface area contributed by atoms with Crippen LogP contribution in [0.15, 0.2) is 18.2 Å². The summed E-state index contributed by atoms with van der Waals surface area (Å²) in [6.07, 6.45) is 4.03. The Morgan fingerprint density at radius 2 is 1.53 bits per heavy atom. The van der Waals surface area contributed by atoms with Crippen LogP contribution in [-0.2, 0) is 0 Å². The van der Waals surface area contributed by atoms with Gasteiger partial charge in [0.15, 0.2) is 0 Å². The van der Waals surface area contributed by atoms with E-state index in [4.69, 9.17) is 0 Å². The van der Waals surface area contributed by atoms with E-state index in [1.54, 1.807) is 0 Å². The number of benzene rings is 1. The summed E-state index contributed by atoms with van der Waals surface area (Å²) in [6.45, 7) is 6.91. The first-order chi connectivity index (χ1) is 9.15. The molecule has 0 heterocycles. The summed E-state index contributed by atoms with van der Waals surface area (Å²) in [5.74, 6) is -0.604. The smallest absolute Gasteiger partial charge is 0.130 e. The van der Waals surface area contributed by atoms with Crippen molar-refractivity contribution in [2.75, 3.05) is 6.54 Å². The van der Waals surface area contributed by atoms with Gasteiger partial charge in [0.05, 0.1) is 0 Å². The lowest BCUT2D eigenvalue weighted by Crippen LogP contribution is -2.30. The van der Waals surface area contributed by atoms with Crippen molar-refractivity contribution in [2.45, 2.75) is 52.5 Å². The molecule has 0 spiro atoms. The molecule has 1 unspecified atom stereocenters. The van der Waals surface area contributed by atoms with Crippen LogP contribution in [0.3, 0.4) is 0 Å². The maximum absolute atomic E-state index is 14.0. The lowest BCUT2D eigenvalue weighted by Gasteiger charge is -2.28. The zero-order valence-corrected chi connectivity index (χ0v) is 12.2. The summed E-state index contributed by atoms with van der Waals surface area (Å²) in [7, 11) is 0. The van der Waals surface area contributed by atoms with Gasteiger partial charge in [-0.3, -0.25) is 0 Å². The van der Waals surface area contributed by atoms with E-state index in [2.05, 4.69) is 19.2 Å². The molecule has 19 heavy (non-hydrogen) atoms. The van der Waals surface area contributed by atoms with Crippen LogP contribution < -0.4 is 5.32 Å². The Bertz CT molecular complexity index is 353. The quantitative estimate of drug-likeness (QED) is 0.712. The van der Waals surface area contributed by atoms with Crippen LogP contribution in [0.1, 0.15) is 58.1 Å². The van der Waals surface area contributed by atoms with Gasteiger partial charge < -0.3 is 5.32 Å². The van der Waals surface area contributed by atoms with Crippen LogP contribution in [0.4, 0.5) is 8.78 Å². The normalized spacial score (nSPS) is 12.9. The van der Waals surface area contributed by atoms with Crippen LogP contribution in [0, 0.1) is 17.6 Å². The van der Waals surface area contributed by atoms with E-state index in [-0.39, 0.29) is 17.5 Å². The Balaban J connectivity index is 3.09. The molecule has 1 nitrogen and oxygen atoms in total. The molecule has 0 aromatic heterocycles. The van der Waals surface area contributed by atoms with E-state index in [1.807, 2.05) is 6.92 Å². The molecule has 3 heteroatoms. The first-order valence-corrected chi connectivity index (χ1v) is 7.32. The zero-order chi connectivity index (χ0) is 14.3. The summed E-state index contributed by atoms with van der Waals surface area (Å²) in [5, 5.41) is 3.27. The van der Waals surface area contributed by atoms with Crippen molar-refractivity contribution in [2.24, 2.45) is 5.92 Å². The van der Waals surface area contributed by atoms with Crippen molar-refractivity contribution < 1.29 is 8.78 Å². The first-order valence-electron chi connectivity index (χ1n) is 7.32. The summed E-state index contributed by atoms with van der Waals surface area (Å²) in [4.78, 5) is 0. The highest BCUT2D eigenvalue weighted by atomic mass is 19.1. The molecular formula is C16H25F2N. The first kappa shape index (κ1) is 16.1. The third-order valence-electron chi connectivity index (χ3n) is 3.53. The number of rotatable bonds is 8. The molecular weight excluding hydrogens is 244 g/mol. The van der Waals surface area contributed by atoms with Gasteiger partial charge in [0.2, 0.25) is 0 Å². The second-order valence-corrected chi connectivity index (χ2v) is 5.01. The van der Waals surface area contributed by atoms with Gasteiger partial charge in [-0.15, -0.1) is 0 Å². The Labute approximate surface area is 115 Å². The van der Waals surface area contributed by atoms with E-state index in [1.165, 1.54) is 18.2 Å². The molecule has 1 aromatic rings. The van der Waals surface area contributed by atoms with Crippen molar-refractivity contribution in [1.29, 1.82) is 0 Å². The van der Waals surface area contributed by atoms with Crippen LogP contribution in [0.5, 0.6) is 0 Å². The van der Waals surface area contributed by atoms with E-state index in [0.29, 0.717) is 6.54 Å². The van der Waals surface area contributed by atoms with Gasteiger partial charge in [0.25, 0.3) is 0 Å². The highest BCUT2D eigenvalue weighted by Crippen LogP contribution is 2.32. The lowest BCUT2D eigenvalue weighted by atomic mass is 9.85. The molecule has 0 amide bonds.